The first-order chi connectivity index (χ1) is 15.1. The second-order valence-electron chi connectivity index (χ2n) is 7.01. The number of thiophene rings is 1. The summed E-state index contributed by atoms with van der Waals surface area (Å²) in [5, 5.41) is 14.5. The maximum atomic E-state index is 12.6. The van der Waals surface area contributed by atoms with Gasteiger partial charge in [-0.2, -0.15) is 0 Å². The van der Waals surface area contributed by atoms with Crippen LogP contribution in [0.1, 0.15) is 29.6 Å². The largest absolute Gasteiger partial charge is 0.493 e. The van der Waals surface area contributed by atoms with Crippen molar-refractivity contribution >= 4 is 34.7 Å². The summed E-state index contributed by atoms with van der Waals surface area (Å²) in [6.45, 7) is 0. The number of carbonyl (C=O) groups excluding carboxylic acids is 1. The number of hydrogen-bond acceptors (Lipinski definition) is 8. The van der Waals surface area contributed by atoms with E-state index in [1.807, 2.05) is 6.07 Å². The predicted molar refractivity (Wildman–Crippen MR) is 121 cm³/mol. The topological polar surface area (TPSA) is 87.5 Å². The zero-order valence-corrected chi connectivity index (χ0v) is 19.2. The van der Waals surface area contributed by atoms with Gasteiger partial charge in [-0.15, -0.1) is 21.5 Å². The van der Waals surface area contributed by atoms with E-state index in [1.54, 1.807) is 23.5 Å². The van der Waals surface area contributed by atoms with Gasteiger partial charge in [0.15, 0.2) is 16.7 Å². The summed E-state index contributed by atoms with van der Waals surface area (Å²) in [6, 6.07) is 7.99. The second kappa shape index (κ2) is 9.61. The standard InChI is InChI=1S/C21H24N4O4S2/c1-27-16-9-13(10-17(28-2)20(16)29-3)22-19(26)12-31-21-24-23-18(25(21)14-6-7-14)11-15-5-4-8-30-15/h4-5,8-10,14H,6-7,11-12H2,1-3H3,(H,22,26). The zero-order valence-electron chi connectivity index (χ0n) is 17.6. The first kappa shape index (κ1) is 21.5. The van der Waals surface area contributed by atoms with Gasteiger partial charge in [0.05, 0.1) is 27.1 Å². The molecule has 1 amide bonds. The molecular weight excluding hydrogens is 436 g/mol. The smallest absolute Gasteiger partial charge is 0.234 e. The molecule has 0 radical (unpaired) electrons. The first-order valence-electron chi connectivity index (χ1n) is 9.81. The van der Waals surface area contributed by atoms with E-state index in [4.69, 9.17) is 14.2 Å². The number of nitrogens with one attached hydrogen (secondary N) is 1. The maximum Gasteiger partial charge on any atom is 0.234 e. The van der Waals surface area contributed by atoms with Crippen molar-refractivity contribution < 1.29 is 19.0 Å². The first-order valence-corrected chi connectivity index (χ1v) is 11.7. The minimum absolute atomic E-state index is 0.149. The average molecular weight is 461 g/mol. The fourth-order valence-electron chi connectivity index (χ4n) is 3.28. The molecule has 10 heteroatoms. The molecule has 3 aromatic rings. The van der Waals surface area contributed by atoms with Crippen molar-refractivity contribution in [3.63, 3.8) is 0 Å². The quantitative estimate of drug-likeness (QED) is 0.457. The highest BCUT2D eigenvalue weighted by atomic mass is 32.2. The Morgan fingerprint density at radius 2 is 1.94 bits per heavy atom. The lowest BCUT2D eigenvalue weighted by Gasteiger charge is -2.14. The molecular formula is C21H24N4O4S2. The highest BCUT2D eigenvalue weighted by Gasteiger charge is 2.30. The van der Waals surface area contributed by atoms with E-state index in [9.17, 15) is 4.79 Å². The number of carbonyl (C=O) groups is 1. The van der Waals surface area contributed by atoms with Gasteiger partial charge in [-0.05, 0) is 24.3 Å². The molecule has 2 heterocycles. The Kier molecular flexibility index (Phi) is 6.67. The Morgan fingerprint density at radius 1 is 1.19 bits per heavy atom. The molecule has 1 aromatic carbocycles. The highest BCUT2D eigenvalue weighted by Crippen LogP contribution is 2.41. The molecule has 8 nitrogen and oxygen atoms in total. The van der Waals surface area contributed by atoms with Gasteiger partial charge in [0, 0.05) is 35.2 Å². The van der Waals surface area contributed by atoms with E-state index in [2.05, 4.69) is 31.5 Å². The van der Waals surface area contributed by atoms with Crippen molar-refractivity contribution in [1.29, 1.82) is 0 Å². The molecule has 164 valence electrons. The van der Waals surface area contributed by atoms with Crippen LogP contribution in [0.15, 0.2) is 34.8 Å². The Labute approximate surface area is 188 Å². The third kappa shape index (κ3) is 4.96. The van der Waals surface area contributed by atoms with E-state index in [1.165, 1.54) is 38.0 Å². The molecule has 1 saturated carbocycles. The van der Waals surface area contributed by atoms with Crippen LogP contribution in [0.3, 0.4) is 0 Å². The van der Waals surface area contributed by atoms with Gasteiger partial charge < -0.3 is 24.1 Å². The van der Waals surface area contributed by atoms with Crippen LogP contribution in [-0.2, 0) is 11.2 Å². The van der Waals surface area contributed by atoms with E-state index in [0.717, 1.165) is 30.2 Å². The fraction of sp³-hybridized carbons (Fsp3) is 0.381. The number of benzene rings is 1. The molecule has 0 atom stereocenters. The van der Waals surface area contributed by atoms with Gasteiger partial charge >= 0.3 is 0 Å². The minimum atomic E-state index is -0.149. The molecule has 4 rings (SSSR count). The average Bonchev–Trinajstić information content (AvgIpc) is 3.33. The SMILES string of the molecule is COc1cc(NC(=O)CSc2nnc(Cc3cccs3)n2C2CC2)cc(OC)c1OC. The number of anilines is 1. The molecule has 1 aliphatic carbocycles. The Hall–Kier alpha value is -2.72. The molecule has 1 aliphatic rings. The normalized spacial score (nSPS) is 13.1. The van der Waals surface area contributed by atoms with Crippen molar-refractivity contribution in [2.24, 2.45) is 0 Å². The Balaban J connectivity index is 1.43. The number of methoxy groups -OCH3 is 3. The fourth-order valence-corrected chi connectivity index (χ4v) is 4.80. The predicted octanol–water partition coefficient (Wildman–Crippen LogP) is 4.02. The van der Waals surface area contributed by atoms with Crippen molar-refractivity contribution in [2.45, 2.75) is 30.5 Å². The zero-order chi connectivity index (χ0) is 21.8. The highest BCUT2D eigenvalue weighted by molar-refractivity contribution is 7.99. The molecule has 0 saturated heterocycles. The van der Waals surface area contributed by atoms with Crippen LogP contribution in [0, 0.1) is 0 Å². The van der Waals surface area contributed by atoms with Crippen LogP contribution in [0.25, 0.3) is 0 Å². The number of rotatable bonds is 10. The number of aromatic nitrogens is 3. The van der Waals surface area contributed by atoms with Gasteiger partial charge in [-0.25, -0.2) is 0 Å². The van der Waals surface area contributed by atoms with E-state index in [0.29, 0.717) is 29.0 Å². The summed E-state index contributed by atoms with van der Waals surface area (Å²) in [7, 11) is 4.62. The summed E-state index contributed by atoms with van der Waals surface area (Å²) in [6.07, 6.45) is 3.01. The van der Waals surface area contributed by atoms with Gasteiger partial charge in [-0.1, -0.05) is 17.8 Å². The number of ether oxygens (including phenoxy) is 3. The second-order valence-corrected chi connectivity index (χ2v) is 8.98. The molecule has 1 fully saturated rings. The molecule has 0 aliphatic heterocycles. The minimum Gasteiger partial charge on any atom is -0.493 e. The van der Waals surface area contributed by atoms with Crippen molar-refractivity contribution in [3.8, 4) is 17.2 Å². The van der Waals surface area contributed by atoms with E-state index < -0.39 is 0 Å². The Bertz CT molecular complexity index is 1020. The third-order valence-electron chi connectivity index (χ3n) is 4.84. The number of nitrogens with zero attached hydrogens (tertiary/aromatic N) is 3. The van der Waals surface area contributed by atoms with Crippen LogP contribution >= 0.6 is 23.1 Å². The van der Waals surface area contributed by atoms with Crippen LogP contribution in [0.5, 0.6) is 17.2 Å². The van der Waals surface area contributed by atoms with Gasteiger partial charge in [0.25, 0.3) is 0 Å². The number of hydrogen-bond donors (Lipinski definition) is 1. The molecule has 0 spiro atoms. The molecule has 31 heavy (non-hydrogen) atoms. The summed E-state index contributed by atoms with van der Waals surface area (Å²) >= 11 is 3.11. The Morgan fingerprint density at radius 3 is 2.52 bits per heavy atom. The summed E-state index contributed by atoms with van der Waals surface area (Å²) in [4.78, 5) is 13.9. The molecule has 2 aromatic heterocycles. The molecule has 1 N–H and O–H groups in total. The van der Waals surface area contributed by atoms with Crippen LogP contribution < -0.4 is 19.5 Å². The van der Waals surface area contributed by atoms with Crippen molar-refractivity contribution in [1.82, 2.24) is 14.8 Å². The maximum absolute atomic E-state index is 12.6. The molecule has 0 bridgehead atoms. The van der Waals surface area contributed by atoms with Gasteiger partial charge in [0.2, 0.25) is 11.7 Å². The number of thioether (sulfide) groups is 1. The van der Waals surface area contributed by atoms with Gasteiger partial charge in [-0.3, -0.25) is 4.79 Å². The van der Waals surface area contributed by atoms with Crippen LogP contribution in [0.2, 0.25) is 0 Å². The summed E-state index contributed by atoms with van der Waals surface area (Å²) in [5.74, 6) is 2.48. The van der Waals surface area contributed by atoms with Crippen LogP contribution in [0.4, 0.5) is 5.69 Å². The van der Waals surface area contributed by atoms with Crippen molar-refractivity contribution in [3.05, 3.63) is 40.3 Å². The lowest BCUT2D eigenvalue weighted by molar-refractivity contribution is -0.113. The van der Waals surface area contributed by atoms with Crippen LogP contribution in [-0.4, -0.2) is 47.8 Å². The summed E-state index contributed by atoms with van der Waals surface area (Å²) < 4.78 is 18.2. The monoisotopic (exact) mass is 460 g/mol. The lowest BCUT2D eigenvalue weighted by atomic mass is 10.2. The van der Waals surface area contributed by atoms with Crippen molar-refractivity contribution in [2.75, 3.05) is 32.4 Å². The molecule has 0 unspecified atom stereocenters. The van der Waals surface area contributed by atoms with Gasteiger partial charge in [0.1, 0.15) is 5.82 Å². The summed E-state index contributed by atoms with van der Waals surface area (Å²) in [5.41, 5.74) is 0.571. The lowest BCUT2D eigenvalue weighted by Crippen LogP contribution is -2.15. The van der Waals surface area contributed by atoms with E-state index in [-0.39, 0.29) is 11.7 Å². The number of amides is 1. The van der Waals surface area contributed by atoms with E-state index >= 15 is 0 Å². The third-order valence-corrected chi connectivity index (χ3v) is 6.66.